The molecule has 2 unspecified atom stereocenters. The van der Waals surface area contributed by atoms with Gasteiger partial charge in [-0.2, -0.15) is 78.7 Å². The van der Waals surface area contributed by atoms with Gasteiger partial charge in [0.25, 0.3) is 11.9 Å². The van der Waals surface area contributed by atoms with Crippen LogP contribution in [-0.4, -0.2) is 78.5 Å². The van der Waals surface area contributed by atoms with Crippen LogP contribution in [0.3, 0.4) is 0 Å². The zero-order valence-electron chi connectivity index (χ0n) is 15.0. The fraction of sp³-hybridized carbons (Fsp3) is 1.00. The van der Waals surface area contributed by atoms with Crippen molar-refractivity contribution in [3.8, 4) is 0 Å². The predicted octanol–water partition coefficient (Wildman–Crippen LogP) is 5.86. The van der Waals surface area contributed by atoms with Crippen molar-refractivity contribution in [2.75, 3.05) is 0 Å². The van der Waals surface area contributed by atoms with Crippen LogP contribution in [0.5, 0.6) is 0 Å². The van der Waals surface area contributed by atoms with Gasteiger partial charge in [0, 0.05) is 0 Å². The van der Waals surface area contributed by atoms with Gasteiger partial charge < -0.3 is 0 Å². The van der Waals surface area contributed by atoms with Crippen molar-refractivity contribution < 1.29 is 101 Å². The molecule has 0 fully saturated rings. The minimum absolute atomic E-state index is 5.48. The molecule has 0 heterocycles. The first-order valence-electron chi connectivity index (χ1n) is 7.31. The summed E-state index contributed by atoms with van der Waals surface area (Å²) in [7, 11) is -7.32. The van der Waals surface area contributed by atoms with E-state index in [-0.39, 0.29) is 0 Å². The molecular formula is C11H4F20O3S. The SMILES string of the molecule is O=S(=O)(O)C(F)C(F)(F)C(F)(F)C(F)(F)C(F)(F)C(F)(F)C(F)(F)C(F)(F)C(F)(F)C(F)C(F)F. The molecule has 0 aliphatic carbocycles. The van der Waals surface area contributed by atoms with Crippen molar-refractivity contribution >= 4 is 10.1 Å². The standard InChI is InChI=1S/C11H4F20O3S/c12-1(2(13)14)4(16,17)6(20,21)8(24,25)10(28,29)11(30,31)9(26,27)7(22,23)5(18,19)3(15)35(32,33)34/h1-3H,(H,32,33,34). The van der Waals surface area contributed by atoms with E-state index >= 15 is 0 Å². The zero-order valence-corrected chi connectivity index (χ0v) is 15.8. The molecule has 0 aromatic rings. The molecule has 3 nitrogen and oxygen atoms in total. The van der Waals surface area contributed by atoms with E-state index in [1.807, 2.05) is 0 Å². The van der Waals surface area contributed by atoms with Gasteiger partial charge in [-0.15, -0.1) is 0 Å². The first kappa shape index (κ1) is 33.5. The Hall–Kier alpha value is -1.49. The average molecular weight is 596 g/mol. The summed E-state index contributed by atoms with van der Waals surface area (Å²) in [5, 5.41) is 0. The third kappa shape index (κ3) is 4.34. The molecular weight excluding hydrogens is 592 g/mol. The summed E-state index contributed by atoms with van der Waals surface area (Å²) in [6.07, 6.45) is -11.4. The van der Waals surface area contributed by atoms with Crippen LogP contribution in [-0.2, 0) is 10.1 Å². The predicted molar refractivity (Wildman–Crippen MR) is 66.9 cm³/mol. The molecule has 24 heteroatoms. The summed E-state index contributed by atoms with van der Waals surface area (Å²) in [6.45, 7) is 0. The maximum atomic E-state index is 13.4. The Morgan fingerprint density at radius 2 is 0.686 bits per heavy atom. The highest BCUT2D eigenvalue weighted by Crippen LogP contribution is 2.64. The third-order valence-corrected chi connectivity index (χ3v) is 4.74. The van der Waals surface area contributed by atoms with Crippen LogP contribution in [0.1, 0.15) is 0 Å². The lowest BCUT2D eigenvalue weighted by molar-refractivity contribution is -0.457. The van der Waals surface area contributed by atoms with E-state index in [0.717, 1.165) is 0 Å². The molecule has 0 amide bonds. The number of alkyl halides is 20. The topological polar surface area (TPSA) is 54.4 Å². The normalized spacial score (nSPS) is 18.1. The van der Waals surface area contributed by atoms with Crippen LogP contribution in [0.2, 0.25) is 0 Å². The minimum atomic E-state index is -9.13. The lowest BCUT2D eigenvalue weighted by Gasteiger charge is -2.44. The Bertz CT molecular complexity index is 879. The third-order valence-electron chi connectivity index (χ3n) is 3.92. The molecule has 0 spiro atoms. The van der Waals surface area contributed by atoms with Crippen molar-refractivity contribution in [3.05, 3.63) is 0 Å². The molecule has 0 aromatic heterocycles. The van der Waals surface area contributed by atoms with Crippen LogP contribution in [0.15, 0.2) is 0 Å². The van der Waals surface area contributed by atoms with Crippen molar-refractivity contribution in [2.24, 2.45) is 0 Å². The van der Waals surface area contributed by atoms with Crippen LogP contribution in [0.25, 0.3) is 0 Å². The highest BCUT2D eigenvalue weighted by atomic mass is 32.2. The summed E-state index contributed by atoms with van der Waals surface area (Å²) in [5.41, 5.74) is -6.11. The minimum Gasteiger partial charge on any atom is -0.283 e. The fourth-order valence-electron chi connectivity index (χ4n) is 1.87. The van der Waals surface area contributed by atoms with E-state index in [9.17, 15) is 96.2 Å². The highest BCUT2D eigenvalue weighted by Gasteiger charge is 2.96. The maximum absolute atomic E-state index is 13.4. The summed E-state index contributed by atoms with van der Waals surface area (Å²) >= 11 is 0. The number of hydrogen-bond acceptors (Lipinski definition) is 2. The first-order chi connectivity index (χ1) is 14.8. The Balaban J connectivity index is 7.04. The largest absolute Gasteiger partial charge is 0.385 e. The van der Waals surface area contributed by atoms with Gasteiger partial charge in [0.05, 0.1) is 0 Å². The van der Waals surface area contributed by atoms with E-state index < -0.39 is 75.6 Å². The van der Waals surface area contributed by atoms with Crippen molar-refractivity contribution in [2.45, 2.75) is 65.5 Å². The van der Waals surface area contributed by atoms with Crippen molar-refractivity contribution in [3.63, 3.8) is 0 Å². The van der Waals surface area contributed by atoms with Gasteiger partial charge in [-0.3, -0.25) is 4.55 Å². The molecule has 35 heavy (non-hydrogen) atoms. The molecule has 0 bridgehead atoms. The number of rotatable bonds is 11. The van der Waals surface area contributed by atoms with E-state index in [4.69, 9.17) is 4.55 Å². The zero-order chi connectivity index (χ0) is 29.2. The second-order valence-corrected chi connectivity index (χ2v) is 7.70. The molecule has 212 valence electrons. The van der Waals surface area contributed by atoms with E-state index in [1.54, 1.807) is 0 Å². The van der Waals surface area contributed by atoms with Crippen LogP contribution >= 0.6 is 0 Å². The first-order valence-corrected chi connectivity index (χ1v) is 8.81. The smallest absolute Gasteiger partial charge is 0.283 e. The lowest BCUT2D eigenvalue weighted by atomic mass is 9.87. The highest BCUT2D eigenvalue weighted by molar-refractivity contribution is 7.86. The molecule has 0 aliphatic rings. The average Bonchev–Trinajstić information content (AvgIpc) is 2.64. The molecule has 1 N–H and O–H groups in total. The Morgan fingerprint density at radius 3 is 0.914 bits per heavy atom. The summed E-state index contributed by atoms with van der Waals surface area (Å²) in [5.74, 6) is -69.3. The summed E-state index contributed by atoms with van der Waals surface area (Å²) in [4.78, 5) is 0. The van der Waals surface area contributed by atoms with Gasteiger partial charge in [-0.25, -0.2) is 17.6 Å². The molecule has 0 aliphatic heterocycles. The monoisotopic (exact) mass is 596 g/mol. The molecule has 0 saturated heterocycles. The quantitative estimate of drug-likeness (QED) is 0.241. The molecule has 0 rings (SSSR count). The van der Waals surface area contributed by atoms with Crippen LogP contribution in [0.4, 0.5) is 87.8 Å². The van der Waals surface area contributed by atoms with E-state index in [1.165, 1.54) is 0 Å². The van der Waals surface area contributed by atoms with Gasteiger partial charge in [0.1, 0.15) is 0 Å². The van der Waals surface area contributed by atoms with E-state index in [0.29, 0.717) is 0 Å². The van der Waals surface area contributed by atoms with E-state index in [2.05, 4.69) is 0 Å². The number of hydrogen-bond donors (Lipinski definition) is 1. The fourth-order valence-corrected chi connectivity index (χ4v) is 2.39. The van der Waals surface area contributed by atoms with Crippen LogP contribution < -0.4 is 0 Å². The molecule has 2 atom stereocenters. The molecule has 0 aromatic carbocycles. The Kier molecular flexibility index (Phi) is 8.17. The van der Waals surface area contributed by atoms with Gasteiger partial charge in [-0.05, 0) is 0 Å². The Morgan fingerprint density at radius 1 is 0.457 bits per heavy atom. The second kappa shape index (κ2) is 8.53. The van der Waals surface area contributed by atoms with Gasteiger partial charge >= 0.3 is 57.5 Å². The second-order valence-electron chi connectivity index (χ2n) is 6.26. The number of halogens is 20. The molecule has 0 saturated carbocycles. The summed E-state index contributed by atoms with van der Waals surface area (Å²) in [6, 6.07) is 0. The molecule has 0 radical (unpaired) electrons. The van der Waals surface area contributed by atoms with Crippen molar-refractivity contribution in [1.82, 2.24) is 0 Å². The van der Waals surface area contributed by atoms with Gasteiger partial charge in [-0.1, -0.05) is 0 Å². The maximum Gasteiger partial charge on any atom is 0.385 e. The van der Waals surface area contributed by atoms with Gasteiger partial charge in [0.2, 0.25) is 6.17 Å². The Labute approximate surface area is 177 Å². The lowest BCUT2D eigenvalue weighted by Crippen LogP contribution is -2.76. The summed E-state index contributed by atoms with van der Waals surface area (Å²) < 4.78 is 289. The van der Waals surface area contributed by atoms with Crippen molar-refractivity contribution in [1.29, 1.82) is 0 Å². The van der Waals surface area contributed by atoms with Gasteiger partial charge in [0.15, 0.2) is 0 Å². The van der Waals surface area contributed by atoms with Crippen LogP contribution in [0, 0.1) is 0 Å².